The van der Waals surface area contributed by atoms with Crippen LogP contribution < -0.4 is 5.32 Å². The number of pyridine rings is 1. The molecule has 2 aromatic heterocycles. The molecule has 3 aliphatic rings. The highest BCUT2D eigenvalue weighted by Crippen LogP contribution is 2.47. The maximum atomic E-state index is 12.7. The van der Waals surface area contributed by atoms with Gasteiger partial charge in [0.15, 0.2) is 0 Å². The van der Waals surface area contributed by atoms with Crippen LogP contribution in [-0.4, -0.2) is 39.8 Å². The van der Waals surface area contributed by atoms with Crippen LogP contribution in [0.3, 0.4) is 0 Å². The van der Waals surface area contributed by atoms with E-state index in [2.05, 4.69) is 16.4 Å². The minimum atomic E-state index is -0.680. The van der Waals surface area contributed by atoms with Crippen molar-refractivity contribution in [2.45, 2.75) is 44.6 Å². The van der Waals surface area contributed by atoms with Crippen LogP contribution in [0.5, 0.6) is 0 Å². The van der Waals surface area contributed by atoms with Gasteiger partial charge in [0.2, 0.25) is 0 Å². The molecular weight excluding hydrogens is 386 g/mol. The summed E-state index contributed by atoms with van der Waals surface area (Å²) in [7, 11) is 0. The Morgan fingerprint density at radius 2 is 2.10 bits per heavy atom. The second-order valence-electron chi connectivity index (χ2n) is 8.19. The van der Waals surface area contributed by atoms with E-state index < -0.39 is 5.41 Å². The third kappa shape index (κ3) is 2.92. The molecule has 4 heterocycles. The molecule has 1 saturated heterocycles. The first-order chi connectivity index (χ1) is 14.0. The summed E-state index contributed by atoms with van der Waals surface area (Å²) in [5, 5.41) is 15.1. The van der Waals surface area contributed by atoms with E-state index in [1.807, 2.05) is 17.9 Å². The number of nitrogens with zero attached hydrogens (tertiary/aromatic N) is 4. The first-order valence-corrected chi connectivity index (χ1v) is 10.9. The normalized spacial score (nSPS) is 20.1. The molecule has 148 valence electrons. The van der Waals surface area contributed by atoms with Crippen LogP contribution in [0.1, 0.15) is 64.8 Å². The second kappa shape index (κ2) is 6.63. The van der Waals surface area contributed by atoms with Gasteiger partial charge in [-0.05, 0) is 44.6 Å². The Morgan fingerprint density at radius 1 is 1.34 bits per heavy atom. The molecule has 1 aliphatic carbocycles. The number of likely N-dealkylation sites (tertiary alicyclic amines) is 1. The Balaban J connectivity index is 1.59. The van der Waals surface area contributed by atoms with E-state index in [4.69, 9.17) is 4.98 Å². The monoisotopic (exact) mass is 407 g/mol. The SMILES string of the molecule is C[C@@](C#N)(c1cc(-c2nc(C(=O)N3CCCC3)cs2)c2c(n1)CNC2=O)C1CC1. The number of carbonyl (C=O) groups excluding carboxylic acids is 2. The molecule has 0 unspecified atom stereocenters. The molecule has 2 aromatic rings. The van der Waals surface area contributed by atoms with Crippen LogP contribution in [0.4, 0.5) is 0 Å². The molecule has 1 saturated carbocycles. The molecule has 5 rings (SSSR count). The summed E-state index contributed by atoms with van der Waals surface area (Å²) < 4.78 is 0. The molecule has 7 nitrogen and oxygen atoms in total. The maximum Gasteiger partial charge on any atom is 0.273 e. The topological polar surface area (TPSA) is 99.0 Å². The van der Waals surface area contributed by atoms with Crippen LogP contribution in [0.25, 0.3) is 10.6 Å². The number of rotatable bonds is 4. The lowest BCUT2D eigenvalue weighted by Crippen LogP contribution is -2.27. The lowest BCUT2D eigenvalue weighted by Gasteiger charge is -2.22. The number of carbonyl (C=O) groups is 2. The Kier molecular flexibility index (Phi) is 4.17. The highest BCUT2D eigenvalue weighted by atomic mass is 32.1. The predicted octanol–water partition coefficient (Wildman–Crippen LogP) is 2.88. The lowest BCUT2D eigenvalue weighted by molar-refractivity contribution is 0.0787. The first kappa shape index (κ1) is 18.3. The number of aromatic nitrogens is 2. The second-order valence-corrected chi connectivity index (χ2v) is 9.04. The molecular formula is C21H21N5O2S. The third-order valence-electron chi connectivity index (χ3n) is 6.24. The van der Waals surface area contributed by atoms with Gasteiger partial charge in [0, 0.05) is 24.0 Å². The van der Waals surface area contributed by atoms with Gasteiger partial charge in [0.25, 0.3) is 11.8 Å². The van der Waals surface area contributed by atoms with Crippen LogP contribution in [0, 0.1) is 17.2 Å². The Bertz CT molecular complexity index is 1060. The summed E-state index contributed by atoms with van der Waals surface area (Å²) in [5.41, 5.74) is 2.28. The molecule has 0 spiro atoms. The molecule has 1 atom stereocenters. The number of hydrogen-bond donors (Lipinski definition) is 1. The average Bonchev–Trinajstić information content (AvgIpc) is 3.13. The van der Waals surface area contributed by atoms with Gasteiger partial charge in [0.1, 0.15) is 10.7 Å². The standard InChI is InChI=1S/C21H21N5O2S/c1-21(11-22,12-4-5-12)16-8-13(17-14(24-16)9-23-18(17)27)19-25-15(10-29-19)20(28)26-6-2-3-7-26/h8,10,12H,2-7,9H2,1H3,(H,23,27)/t21-/m0/s1. The molecule has 2 fully saturated rings. The van der Waals surface area contributed by atoms with Crippen molar-refractivity contribution in [2.24, 2.45) is 5.92 Å². The number of thiazole rings is 1. The van der Waals surface area contributed by atoms with Crippen LogP contribution >= 0.6 is 11.3 Å². The van der Waals surface area contributed by atoms with E-state index >= 15 is 0 Å². The van der Waals surface area contributed by atoms with Gasteiger partial charge >= 0.3 is 0 Å². The van der Waals surface area contributed by atoms with Gasteiger partial charge < -0.3 is 10.2 Å². The fourth-order valence-electron chi connectivity index (χ4n) is 4.26. The highest BCUT2D eigenvalue weighted by Gasteiger charge is 2.45. The molecule has 0 aromatic carbocycles. The van der Waals surface area contributed by atoms with E-state index in [1.54, 1.807) is 5.38 Å². The van der Waals surface area contributed by atoms with E-state index in [0.29, 0.717) is 45.7 Å². The first-order valence-electron chi connectivity index (χ1n) is 10.0. The summed E-state index contributed by atoms with van der Waals surface area (Å²) >= 11 is 1.36. The molecule has 2 aliphatic heterocycles. The van der Waals surface area contributed by atoms with Crippen molar-refractivity contribution >= 4 is 23.2 Å². The maximum absolute atomic E-state index is 12.7. The predicted molar refractivity (Wildman–Crippen MR) is 107 cm³/mol. The fraction of sp³-hybridized carbons (Fsp3) is 0.476. The summed E-state index contributed by atoms with van der Waals surface area (Å²) in [6, 6.07) is 4.29. The van der Waals surface area contributed by atoms with E-state index in [1.165, 1.54) is 11.3 Å². The van der Waals surface area contributed by atoms with E-state index in [9.17, 15) is 14.9 Å². The number of nitrogens with one attached hydrogen (secondary N) is 1. The number of nitriles is 1. The van der Waals surface area contributed by atoms with Crippen molar-refractivity contribution in [1.82, 2.24) is 20.2 Å². The van der Waals surface area contributed by atoms with Crippen molar-refractivity contribution < 1.29 is 9.59 Å². The van der Waals surface area contributed by atoms with E-state index in [0.717, 1.165) is 38.8 Å². The van der Waals surface area contributed by atoms with Gasteiger partial charge in [0.05, 0.1) is 35.0 Å². The summed E-state index contributed by atoms with van der Waals surface area (Å²) in [6.45, 7) is 3.82. The average molecular weight is 407 g/mol. The summed E-state index contributed by atoms with van der Waals surface area (Å²) in [5.74, 6) is 0.0570. The number of fused-ring (bicyclic) bond motifs is 1. The van der Waals surface area contributed by atoms with Crippen molar-refractivity contribution in [2.75, 3.05) is 13.1 Å². The van der Waals surface area contributed by atoms with Gasteiger partial charge in [-0.1, -0.05) is 0 Å². The molecule has 1 N–H and O–H groups in total. The Morgan fingerprint density at radius 3 is 2.79 bits per heavy atom. The zero-order chi connectivity index (χ0) is 20.2. The number of amides is 2. The van der Waals surface area contributed by atoms with Crippen LogP contribution in [0.15, 0.2) is 11.4 Å². The molecule has 29 heavy (non-hydrogen) atoms. The summed E-state index contributed by atoms with van der Waals surface area (Å²) in [6.07, 6.45) is 4.08. The summed E-state index contributed by atoms with van der Waals surface area (Å²) in [4.78, 5) is 36.3. The zero-order valence-electron chi connectivity index (χ0n) is 16.2. The zero-order valence-corrected chi connectivity index (χ0v) is 17.0. The Hall–Kier alpha value is -2.79. The van der Waals surface area contributed by atoms with Crippen LogP contribution in [0.2, 0.25) is 0 Å². The molecule has 0 bridgehead atoms. The van der Waals surface area contributed by atoms with Crippen molar-refractivity contribution in [3.63, 3.8) is 0 Å². The minimum Gasteiger partial charge on any atom is -0.346 e. The highest BCUT2D eigenvalue weighted by molar-refractivity contribution is 7.13. The van der Waals surface area contributed by atoms with Gasteiger partial charge in [-0.25, -0.2) is 4.98 Å². The number of hydrogen-bond acceptors (Lipinski definition) is 6. The lowest BCUT2D eigenvalue weighted by atomic mass is 9.81. The Labute approximate surface area is 172 Å². The quantitative estimate of drug-likeness (QED) is 0.840. The van der Waals surface area contributed by atoms with Crippen molar-refractivity contribution in [3.8, 4) is 16.6 Å². The van der Waals surface area contributed by atoms with E-state index in [-0.39, 0.29) is 11.8 Å². The molecule has 2 amide bonds. The smallest absolute Gasteiger partial charge is 0.273 e. The molecule has 8 heteroatoms. The largest absolute Gasteiger partial charge is 0.346 e. The van der Waals surface area contributed by atoms with Gasteiger partial charge in [-0.15, -0.1) is 11.3 Å². The van der Waals surface area contributed by atoms with Crippen LogP contribution in [-0.2, 0) is 12.0 Å². The minimum absolute atomic E-state index is 0.0554. The van der Waals surface area contributed by atoms with Crippen molar-refractivity contribution in [3.05, 3.63) is 34.1 Å². The fourth-order valence-corrected chi connectivity index (χ4v) is 5.08. The van der Waals surface area contributed by atoms with Gasteiger partial charge in [-0.2, -0.15) is 5.26 Å². The van der Waals surface area contributed by atoms with Crippen molar-refractivity contribution in [1.29, 1.82) is 5.26 Å². The van der Waals surface area contributed by atoms with Gasteiger partial charge in [-0.3, -0.25) is 14.6 Å². The molecule has 0 radical (unpaired) electrons. The third-order valence-corrected chi connectivity index (χ3v) is 7.12.